The van der Waals surface area contributed by atoms with Crippen LogP contribution in [-0.4, -0.2) is 50.7 Å². The highest BCUT2D eigenvalue weighted by Crippen LogP contribution is 2.14. The van der Waals surface area contributed by atoms with Gasteiger partial charge in [-0.25, -0.2) is 4.79 Å². The van der Waals surface area contributed by atoms with Crippen LogP contribution in [0.2, 0.25) is 0 Å². The van der Waals surface area contributed by atoms with Crippen molar-refractivity contribution in [2.45, 2.75) is 187 Å². The molecule has 0 spiro atoms. The topological polar surface area (TPSA) is 100 Å². The molecular weight excluding hydrogens is 546 g/mol. The SMILES string of the molecule is CCCCCCCCCCCCCC(=O)OCC(COC(=O)NC(C)OC)OC(=O)CCCCCCCCCCCCC. The van der Waals surface area contributed by atoms with Crippen molar-refractivity contribution in [1.82, 2.24) is 5.32 Å². The number of hydrogen-bond donors (Lipinski definition) is 1. The van der Waals surface area contributed by atoms with Crippen molar-refractivity contribution in [3.63, 3.8) is 0 Å². The van der Waals surface area contributed by atoms with E-state index in [0.717, 1.165) is 38.5 Å². The van der Waals surface area contributed by atoms with E-state index in [4.69, 9.17) is 18.9 Å². The summed E-state index contributed by atoms with van der Waals surface area (Å²) in [5, 5.41) is 2.51. The summed E-state index contributed by atoms with van der Waals surface area (Å²) < 4.78 is 21.1. The van der Waals surface area contributed by atoms with Crippen molar-refractivity contribution in [2.75, 3.05) is 20.3 Å². The van der Waals surface area contributed by atoms with Crippen LogP contribution in [-0.2, 0) is 28.5 Å². The number of alkyl carbamates (subject to hydrolysis) is 1. The second kappa shape index (κ2) is 31.6. The molecule has 0 aromatic heterocycles. The largest absolute Gasteiger partial charge is 0.462 e. The minimum Gasteiger partial charge on any atom is -0.462 e. The van der Waals surface area contributed by atoms with Gasteiger partial charge in [0.05, 0.1) is 0 Å². The van der Waals surface area contributed by atoms with Gasteiger partial charge in [-0.1, -0.05) is 142 Å². The van der Waals surface area contributed by atoms with Crippen LogP contribution < -0.4 is 5.32 Å². The van der Waals surface area contributed by atoms with Crippen LogP contribution in [0.3, 0.4) is 0 Å². The Bertz CT molecular complexity index is 658. The fraction of sp³-hybridized carbons (Fsp3) is 0.914. The van der Waals surface area contributed by atoms with Crippen LogP contribution in [0.25, 0.3) is 0 Å². The maximum atomic E-state index is 12.5. The lowest BCUT2D eigenvalue weighted by atomic mass is 10.1. The van der Waals surface area contributed by atoms with E-state index in [-0.39, 0.29) is 25.2 Å². The first kappa shape index (κ1) is 41.2. The number of rotatable bonds is 31. The van der Waals surface area contributed by atoms with E-state index in [2.05, 4.69) is 19.2 Å². The minimum atomic E-state index is -0.843. The highest BCUT2D eigenvalue weighted by Gasteiger charge is 2.20. The number of carbonyl (C=O) groups is 3. The molecule has 8 nitrogen and oxygen atoms in total. The van der Waals surface area contributed by atoms with Crippen LogP contribution in [0.5, 0.6) is 0 Å². The molecule has 0 saturated carbocycles. The molecule has 8 heteroatoms. The van der Waals surface area contributed by atoms with Crippen molar-refractivity contribution in [1.29, 1.82) is 0 Å². The number of methoxy groups -OCH3 is 1. The zero-order chi connectivity index (χ0) is 31.8. The van der Waals surface area contributed by atoms with Gasteiger partial charge in [-0.2, -0.15) is 0 Å². The summed E-state index contributed by atoms with van der Waals surface area (Å²) in [7, 11) is 1.47. The smallest absolute Gasteiger partial charge is 0.409 e. The Labute approximate surface area is 264 Å². The van der Waals surface area contributed by atoms with E-state index in [1.54, 1.807) is 6.92 Å². The molecule has 0 saturated heterocycles. The Morgan fingerprint density at radius 3 is 1.33 bits per heavy atom. The van der Waals surface area contributed by atoms with Gasteiger partial charge < -0.3 is 18.9 Å². The van der Waals surface area contributed by atoms with Gasteiger partial charge >= 0.3 is 18.0 Å². The van der Waals surface area contributed by atoms with Gasteiger partial charge in [-0.05, 0) is 19.8 Å². The summed E-state index contributed by atoms with van der Waals surface area (Å²) in [5.41, 5.74) is 0. The van der Waals surface area contributed by atoms with Crippen molar-refractivity contribution >= 4 is 18.0 Å². The van der Waals surface area contributed by atoms with Gasteiger partial charge in [0.1, 0.15) is 19.4 Å². The molecule has 0 bridgehead atoms. The van der Waals surface area contributed by atoms with E-state index in [9.17, 15) is 14.4 Å². The lowest BCUT2D eigenvalue weighted by molar-refractivity contribution is -0.161. The van der Waals surface area contributed by atoms with Crippen LogP contribution in [0.1, 0.15) is 175 Å². The van der Waals surface area contributed by atoms with Crippen LogP contribution in [0.4, 0.5) is 4.79 Å². The Morgan fingerprint density at radius 2 is 0.907 bits per heavy atom. The standard InChI is InChI=1S/C35H67NO7/c1-5-7-9-11-13-15-17-19-21-23-25-27-33(37)41-29-32(30-42-35(39)36-31(3)40-4)43-34(38)28-26-24-22-20-18-16-14-12-10-8-6-2/h31-32H,5-30H2,1-4H3,(H,36,39). The number of amides is 1. The summed E-state index contributed by atoms with van der Waals surface area (Å²) >= 11 is 0. The molecule has 43 heavy (non-hydrogen) atoms. The lowest BCUT2D eigenvalue weighted by Gasteiger charge is -2.19. The zero-order valence-corrected chi connectivity index (χ0v) is 28.4. The molecular formula is C35H67NO7. The second-order valence-corrected chi connectivity index (χ2v) is 12.0. The molecule has 0 aliphatic rings. The highest BCUT2D eigenvalue weighted by atomic mass is 16.6. The normalized spacial score (nSPS) is 12.5. The predicted molar refractivity (Wildman–Crippen MR) is 174 cm³/mol. The van der Waals surface area contributed by atoms with E-state index in [1.807, 2.05) is 0 Å². The third-order valence-corrected chi connectivity index (χ3v) is 7.77. The first-order chi connectivity index (χ1) is 20.9. The number of carbonyl (C=O) groups excluding carboxylic acids is 3. The quantitative estimate of drug-likeness (QED) is 0.0360. The molecule has 1 amide bonds. The number of hydrogen-bond acceptors (Lipinski definition) is 7. The third-order valence-electron chi connectivity index (χ3n) is 7.77. The lowest BCUT2D eigenvalue weighted by Crippen LogP contribution is -2.37. The van der Waals surface area contributed by atoms with Gasteiger partial charge in [0, 0.05) is 20.0 Å². The Morgan fingerprint density at radius 1 is 0.535 bits per heavy atom. The van der Waals surface area contributed by atoms with Gasteiger partial charge in [0.25, 0.3) is 0 Å². The summed E-state index contributed by atoms with van der Waals surface area (Å²) in [4.78, 5) is 36.8. The molecule has 1 N–H and O–H groups in total. The van der Waals surface area contributed by atoms with E-state index >= 15 is 0 Å². The number of unbranched alkanes of at least 4 members (excludes halogenated alkanes) is 20. The van der Waals surface area contributed by atoms with Crippen LogP contribution >= 0.6 is 0 Å². The van der Waals surface area contributed by atoms with E-state index in [1.165, 1.54) is 110 Å². The molecule has 0 fully saturated rings. The number of esters is 2. The number of ether oxygens (including phenoxy) is 4. The van der Waals surface area contributed by atoms with Gasteiger partial charge in [0.15, 0.2) is 6.10 Å². The van der Waals surface area contributed by atoms with Gasteiger partial charge in [0.2, 0.25) is 0 Å². The molecule has 0 aromatic rings. The fourth-order valence-electron chi connectivity index (χ4n) is 4.92. The van der Waals surface area contributed by atoms with E-state index in [0.29, 0.717) is 12.8 Å². The zero-order valence-electron chi connectivity index (χ0n) is 28.4. The van der Waals surface area contributed by atoms with Crippen molar-refractivity contribution < 1.29 is 33.3 Å². The maximum Gasteiger partial charge on any atom is 0.409 e. The maximum absolute atomic E-state index is 12.5. The molecule has 0 aromatic carbocycles. The summed E-state index contributed by atoms with van der Waals surface area (Å²) in [6, 6.07) is 0. The molecule has 2 atom stereocenters. The summed E-state index contributed by atoms with van der Waals surface area (Å²) in [5.74, 6) is -0.684. The first-order valence-electron chi connectivity index (χ1n) is 17.7. The van der Waals surface area contributed by atoms with E-state index < -0.39 is 18.4 Å². The molecule has 0 heterocycles. The van der Waals surface area contributed by atoms with Gasteiger partial charge in [-0.15, -0.1) is 0 Å². The monoisotopic (exact) mass is 613 g/mol. The molecule has 2 unspecified atom stereocenters. The molecule has 0 aliphatic carbocycles. The molecule has 0 radical (unpaired) electrons. The van der Waals surface area contributed by atoms with Gasteiger partial charge in [-0.3, -0.25) is 14.9 Å². The van der Waals surface area contributed by atoms with Crippen LogP contribution in [0, 0.1) is 0 Å². The summed E-state index contributed by atoms with van der Waals surface area (Å²) in [6.07, 6.45) is 25.2. The highest BCUT2D eigenvalue weighted by molar-refractivity contribution is 5.70. The average Bonchev–Trinajstić information content (AvgIpc) is 2.99. The predicted octanol–water partition coefficient (Wildman–Crippen LogP) is 9.56. The third kappa shape index (κ3) is 30.0. The second-order valence-electron chi connectivity index (χ2n) is 12.0. The van der Waals surface area contributed by atoms with Crippen molar-refractivity contribution in [3.05, 3.63) is 0 Å². The average molecular weight is 614 g/mol. The molecule has 254 valence electrons. The fourth-order valence-corrected chi connectivity index (χ4v) is 4.92. The molecule has 0 aliphatic heterocycles. The van der Waals surface area contributed by atoms with Crippen molar-refractivity contribution in [3.8, 4) is 0 Å². The Kier molecular flexibility index (Phi) is 30.2. The first-order valence-corrected chi connectivity index (χ1v) is 17.7. The molecule has 0 rings (SSSR count). The van der Waals surface area contributed by atoms with Crippen molar-refractivity contribution in [2.24, 2.45) is 0 Å². The number of nitrogens with one attached hydrogen (secondary N) is 1. The Balaban J connectivity index is 4.22. The Hall–Kier alpha value is -1.83. The van der Waals surface area contributed by atoms with Crippen LogP contribution in [0.15, 0.2) is 0 Å². The minimum absolute atomic E-state index is 0.131. The summed E-state index contributed by atoms with van der Waals surface area (Å²) in [6.45, 7) is 5.82.